The van der Waals surface area contributed by atoms with Crippen molar-refractivity contribution in [3.05, 3.63) is 97.1 Å². The van der Waals surface area contributed by atoms with Crippen LogP contribution >= 0.6 is 0 Å². The van der Waals surface area contributed by atoms with Crippen LogP contribution in [0.3, 0.4) is 0 Å². The van der Waals surface area contributed by atoms with Crippen LogP contribution < -0.4 is 5.32 Å². The van der Waals surface area contributed by atoms with Gasteiger partial charge in [0.25, 0.3) is 0 Å². The molecule has 23 heavy (non-hydrogen) atoms. The number of carbonyl (C=O) groups is 1. The first kappa shape index (κ1) is 16.6. The number of carbonyl (C=O) groups excluding carboxylic acids is 1. The molecule has 2 amide bonds. The van der Waals surface area contributed by atoms with Crippen LogP contribution in [0, 0.1) is 0 Å². The maximum absolute atomic E-state index is 12.6. The van der Waals surface area contributed by atoms with E-state index in [9.17, 15) is 4.79 Å². The lowest BCUT2D eigenvalue weighted by Gasteiger charge is -2.25. The Morgan fingerprint density at radius 3 is 1.74 bits per heavy atom. The van der Waals surface area contributed by atoms with Gasteiger partial charge in [-0.25, -0.2) is 4.79 Å². The Bertz CT molecular complexity index is 588. The van der Waals surface area contributed by atoms with Gasteiger partial charge in [0, 0.05) is 13.1 Å². The van der Waals surface area contributed by atoms with Crippen molar-refractivity contribution in [1.82, 2.24) is 10.2 Å². The van der Waals surface area contributed by atoms with Gasteiger partial charge in [0.1, 0.15) is 0 Å². The Morgan fingerprint density at radius 1 is 0.913 bits per heavy atom. The molecule has 0 heterocycles. The number of benzene rings is 2. The normalized spacial score (nSPS) is 10.1. The van der Waals surface area contributed by atoms with E-state index in [0.717, 1.165) is 11.1 Å². The summed E-state index contributed by atoms with van der Waals surface area (Å²) < 4.78 is 0. The summed E-state index contributed by atoms with van der Waals surface area (Å²) in [5, 5.41) is 3.11. The summed E-state index contributed by atoms with van der Waals surface area (Å²) in [4.78, 5) is 14.3. The van der Waals surface area contributed by atoms with Gasteiger partial charge in [-0.3, -0.25) is 0 Å². The lowest BCUT2D eigenvalue weighted by molar-refractivity contribution is 0.206. The maximum Gasteiger partial charge on any atom is 0.318 e. The van der Waals surface area contributed by atoms with Crippen LogP contribution in [0.5, 0.6) is 0 Å². The number of hydrogen-bond acceptors (Lipinski definition) is 1. The molecule has 0 spiro atoms. The van der Waals surface area contributed by atoms with Crippen LogP contribution in [0.2, 0.25) is 0 Å². The van der Waals surface area contributed by atoms with E-state index in [0.29, 0.717) is 13.1 Å². The number of nitrogens with zero attached hydrogens (tertiary/aromatic N) is 1. The molecule has 0 saturated carbocycles. The Labute approximate surface area is 138 Å². The van der Waals surface area contributed by atoms with E-state index in [1.54, 1.807) is 17.1 Å². The number of nitrogens with one attached hydrogen (secondary N) is 1. The fraction of sp³-hybridized carbons (Fsp3) is 0.150. The monoisotopic (exact) mass is 306 g/mol. The van der Waals surface area contributed by atoms with Gasteiger partial charge in [-0.05, 0) is 11.1 Å². The fourth-order valence-electron chi connectivity index (χ4n) is 2.42. The summed E-state index contributed by atoms with van der Waals surface area (Å²) >= 11 is 0. The standard InChI is InChI=1S/C20H22N2O/c1-3-15-22(16-4-2)20(23)21-19(17-11-7-5-8-12-17)18-13-9-6-10-14-18/h3-14,19H,1-2,15-16H2,(H,21,23). The summed E-state index contributed by atoms with van der Waals surface area (Å²) in [6.45, 7) is 8.37. The molecule has 2 aromatic rings. The molecule has 1 N–H and O–H groups in total. The SMILES string of the molecule is C=CCN(CC=C)C(=O)NC(c1ccccc1)c1ccccc1. The van der Waals surface area contributed by atoms with E-state index in [1.165, 1.54) is 0 Å². The number of amides is 2. The predicted molar refractivity (Wildman–Crippen MR) is 95.2 cm³/mol. The van der Waals surface area contributed by atoms with Gasteiger partial charge in [0.15, 0.2) is 0 Å². The molecule has 2 rings (SSSR count). The molecule has 2 aromatic carbocycles. The lowest BCUT2D eigenvalue weighted by Crippen LogP contribution is -2.42. The Kier molecular flexibility index (Phi) is 6.18. The zero-order valence-electron chi connectivity index (χ0n) is 13.2. The average molecular weight is 306 g/mol. The molecule has 3 nitrogen and oxygen atoms in total. The van der Waals surface area contributed by atoms with Crippen LogP contribution in [-0.4, -0.2) is 24.0 Å². The third-order valence-electron chi connectivity index (χ3n) is 3.52. The molecule has 0 aromatic heterocycles. The van der Waals surface area contributed by atoms with E-state index in [-0.39, 0.29) is 12.1 Å². The van der Waals surface area contributed by atoms with Gasteiger partial charge in [0.2, 0.25) is 0 Å². The van der Waals surface area contributed by atoms with Crippen LogP contribution in [0.4, 0.5) is 4.79 Å². The fourth-order valence-corrected chi connectivity index (χ4v) is 2.42. The minimum Gasteiger partial charge on any atom is -0.327 e. The van der Waals surface area contributed by atoms with Gasteiger partial charge in [-0.15, -0.1) is 13.2 Å². The molecule has 0 radical (unpaired) electrons. The third-order valence-corrected chi connectivity index (χ3v) is 3.52. The average Bonchev–Trinajstić information content (AvgIpc) is 2.61. The molecule has 0 aliphatic rings. The van der Waals surface area contributed by atoms with Gasteiger partial charge in [-0.2, -0.15) is 0 Å². The summed E-state index contributed by atoms with van der Waals surface area (Å²) in [6.07, 6.45) is 3.42. The first-order valence-corrected chi connectivity index (χ1v) is 7.63. The van der Waals surface area contributed by atoms with Crippen molar-refractivity contribution in [2.45, 2.75) is 6.04 Å². The van der Waals surface area contributed by atoms with Crippen LogP contribution in [0.1, 0.15) is 17.2 Å². The number of urea groups is 1. The van der Waals surface area contributed by atoms with Crippen molar-refractivity contribution >= 4 is 6.03 Å². The highest BCUT2D eigenvalue weighted by molar-refractivity contribution is 5.75. The molecular formula is C20H22N2O. The minimum atomic E-state index is -0.193. The minimum absolute atomic E-state index is 0.137. The Morgan fingerprint density at radius 2 is 1.35 bits per heavy atom. The largest absolute Gasteiger partial charge is 0.327 e. The molecule has 0 aliphatic heterocycles. The molecule has 0 aliphatic carbocycles. The Hall–Kier alpha value is -2.81. The van der Waals surface area contributed by atoms with Gasteiger partial charge >= 0.3 is 6.03 Å². The summed E-state index contributed by atoms with van der Waals surface area (Å²) in [7, 11) is 0. The first-order chi connectivity index (χ1) is 11.3. The van der Waals surface area contributed by atoms with Gasteiger partial charge < -0.3 is 10.2 Å². The maximum atomic E-state index is 12.6. The van der Waals surface area contributed by atoms with Gasteiger partial charge in [0.05, 0.1) is 6.04 Å². The summed E-state index contributed by atoms with van der Waals surface area (Å²) in [5.41, 5.74) is 2.09. The second kappa shape index (κ2) is 8.59. The first-order valence-electron chi connectivity index (χ1n) is 7.63. The molecule has 3 heteroatoms. The van der Waals surface area contributed by atoms with E-state index in [1.807, 2.05) is 60.7 Å². The second-order valence-electron chi connectivity index (χ2n) is 5.19. The van der Waals surface area contributed by atoms with E-state index in [4.69, 9.17) is 0 Å². The van der Waals surface area contributed by atoms with Crippen LogP contribution in [0.15, 0.2) is 86.0 Å². The molecule has 0 fully saturated rings. The van der Waals surface area contributed by atoms with E-state index in [2.05, 4.69) is 18.5 Å². The van der Waals surface area contributed by atoms with Crippen molar-refractivity contribution in [1.29, 1.82) is 0 Å². The highest BCUT2D eigenvalue weighted by Gasteiger charge is 2.19. The highest BCUT2D eigenvalue weighted by Crippen LogP contribution is 2.22. The number of hydrogen-bond donors (Lipinski definition) is 1. The zero-order valence-corrected chi connectivity index (χ0v) is 13.2. The van der Waals surface area contributed by atoms with Crippen LogP contribution in [0.25, 0.3) is 0 Å². The van der Waals surface area contributed by atoms with Crippen molar-refractivity contribution in [3.8, 4) is 0 Å². The Balaban J connectivity index is 2.26. The molecule has 0 atom stereocenters. The molecule has 118 valence electrons. The summed E-state index contributed by atoms with van der Waals surface area (Å²) in [5.74, 6) is 0. The quantitative estimate of drug-likeness (QED) is 0.765. The number of rotatable bonds is 7. The molecule has 0 bridgehead atoms. The zero-order chi connectivity index (χ0) is 16.5. The van der Waals surface area contributed by atoms with E-state index < -0.39 is 0 Å². The van der Waals surface area contributed by atoms with Crippen molar-refractivity contribution in [3.63, 3.8) is 0 Å². The van der Waals surface area contributed by atoms with Crippen molar-refractivity contribution < 1.29 is 4.79 Å². The van der Waals surface area contributed by atoms with Crippen LogP contribution in [-0.2, 0) is 0 Å². The van der Waals surface area contributed by atoms with E-state index >= 15 is 0 Å². The molecular weight excluding hydrogens is 284 g/mol. The van der Waals surface area contributed by atoms with Crippen molar-refractivity contribution in [2.24, 2.45) is 0 Å². The lowest BCUT2D eigenvalue weighted by atomic mass is 9.99. The predicted octanol–water partition coefficient (Wildman–Crippen LogP) is 4.16. The van der Waals surface area contributed by atoms with Gasteiger partial charge in [-0.1, -0.05) is 72.8 Å². The topological polar surface area (TPSA) is 32.3 Å². The highest BCUT2D eigenvalue weighted by atomic mass is 16.2. The molecule has 0 saturated heterocycles. The summed E-state index contributed by atoms with van der Waals surface area (Å²) in [6, 6.07) is 19.6. The smallest absolute Gasteiger partial charge is 0.318 e. The van der Waals surface area contributed by atoms with Crippen molar-refractivity contribution in [2.75, 3.05) is 13.1 Å². The molecule has 0 unspecified atom stereocenters. The second-order valence-corrected chi connectivity index (χ2v) is 5.19. The third kappa shape index (κ3) is 4.58.